The van der Waals surface area contributed by atoms with E-state index < -0.39 is 0 Å². The van der Waals surface area contributed by atoms with E-state index in [4.69, 9.17) is 0 Å². The monoisotopic (exact) mass is 237 g/mol. The standard InChI is InChI=1S/C16H15NO/c18-15(12-13-6-10-17-11-7-13)16(8-9-16)14-4-2-1-3-5-14/h1-7,10-11H,8-9,12H2. The van der Waals surface area contributed by atoms with Gasteiger partial charge in [0.05, 0.1) is 5.41 Å². The minimum absolute atomic E-state index is 0.204. The molecule has 1 heterocycles. The summed E-state index contributed by atoms with van der Waals surface area (Å²) in [4.78, 5) is 16.5. The van der Waals surface area contributed by atoms with Crippen molar-refractivity contribution in [2.24, 2.45) is 0 Å². The maximum absolute atomic E-state index is 12.5. The highest BCUT2D eigenvalue weighted by atomic mass is 16.1. The predicted molar refractivity (Wildman–Crippen MR) is 70.3 cm³/mol. The SMILES string of the molecule is O=C(Cc1ccncc1)C1(c2ccccc2)CC1. The fraction of sp³-hybridized carbons (Fsp3) is 0.250. The Balaban J connectivity index is 1.81. The van der Waals surface area contributed by atoms with Crippen LogP contribution < -0.4 is 0 Å². The molecule has 0 N–H and O–H groups in total. The van der Waals surface area contributed by atoms with Crippen molar-refractivity contribution in [1.82, 2.24) is 4.98 Å². The third kappa shape index (κ3) is 1.94. The number of hydrogen-bond donors (Lipinski definition) is 0. The molecule has 1 aromatic heterocycles. The van der Waals surface area contributed by atoms with Crippen LogP contribution in [0.15, 0.2) is 54.9 Å². The van der Waals surface area contributed by atoms with Crippen molar-refractivity contribution in [3.63, 3.8) is 0 Å². The minimum atomic E-state index is -0.204. The van der Waals surface area contributed by atoms with Crippen LogP contribution >= 0.6 is 0 Å². The van der Waals surface area contributed by atoms with Gasteiger partial charge in [0.2, 0.25) is 0 Å². The number of benzene rings is 1. The van der Waals surface area contributed by atoms with Gasteiger partial charge in [0.15, 0.2) is 0 Å². The first-order valence-corrected chi connectivity index (χ1v) is 6.29. The third-order valence-corrected chi connectivity index (χ3v) is 3.72. The van der Waals surface area contributed by atoms with E-state index in [1.807, 2.05) is 30.3 Å². The molecule has 0 bridgehead atoms. The molecule has 1 aromatic carbocycles. The molecule has 1 fully saturated rings. The fourth-order valence-electron chi connectivity index (χ4n) is 2.47. The largest absolute Gasteiger partial charge is 0.298 e. The van der Waals surface area contributed by atoms with Crippen LogP contribution in [-0.4, -0.2) is 10.8 Å². The molecule has 0 saturated heterocycles. The Morgan fingerprint density at radius 1 is 1.06 bits per heavy atom. The molecule has 1 aliphatic carbocycles. The van der Waals surface area contributed by atoms with Gasteiger partial charge in [-0.2, -0.15) is 0 Å². The first-order chi connectivity index (χ1) is 8.81. The quantitative estimate of drug-likeness (QED) is 0.818. The molecule has 0 amide bonds. The highest BCUT2D eigenvalue weighted by molar-refractivity contribution is 5.94. The van der Waals surface area contributed by atoms with Crippen molar-refractivity contribution in [3.8, 4) is 0 Å². The Hall–Kier alpha value is -1.96. The first kappa shape index (κ1) is 11.1. The Bertz CT molecular complexity index is 544. The zero-order valence-corrected chi connectivity index (χ0v) is 10.2. The van der Waals surface area contributed by atoms with E-state index in [-0.39, 0.29) is 5.41 Å². The van der Waals surface area contributed by atoms with Gasteiger partial charge in [0.25, 0.3) is 0 Å². The second-order valence-corrected chi connectivity index (χ2v) is 4.90. The number of pyridine rings is 1. The lowest BCUT2D eigenvalue weighted by atomic mass is 9.88. The van der Waals surface area contributed by atoms with Crippen LogP contribution in [0.4, 0.5) is 0 Å². The smallest absolute Gasteiger partial charge is 0.147 e. The number of hydrogen-bond acceptors (Lipinski definition) is 2. The molecular weight excluding hydrogens is 222 g/mol. The lowest BCUT2D eigenvalue weighted by molar-refractivity contribution is -0.120. The minimum Gasteiger partial charge on any atom is -0.298 e. The zero-order valence-electron chi connectivity index (χ0n) is 10.2. The van der Waals surface area contributed by atoms with Crippen LogP contribution in [0, 0.1) is 0 Å². The Labute approximate surface area is 107 Å². The van der Waals surface area contributed by atoms with E-state index in [1.165, 1.54) is 5.56 Å². The van der Waals surface area contributed by atoms with Crippen LogP contribution in [-0.2, 0) is 16.6 Å². The molecule has 0 aliphatic heterocycles. The Morgan fingerprint density at radius 2 is 1.72 bits per heavy atom. The van der Waals surface area contributed by atoms with Gasteiger partial charge in [0, 0.05) is 18.8 Å². The summed E-state index contributed by atoms with van der Waals surface area (Å²) in [5, 5.41) is 0. The number of ketones is 1. The van der Waals surface area contributed by atoms with E-state index >= 15 is 0 Å². The molecule has 0 spiro atoms. The molecule has 90 valence electrons. The fourth-order valence-corrected chi connectivity index (χ4v) is 2.47. The second kappa shape index (κ2) is 4.37. The van der Waals surface area contributed by atoms with Gasteiger partial charge in [-0.25, -0.2) is 0 Å². The van der Waals surface area contributed by atoms with Gasteiger partial charge < -0.3 is 0 Å². The summed E-state index contributed by atoms with van der Waals surface area (Å²) >= 11 is 0. The Kier molecular flexibility index (Phi) is 2.71. The van der Waals surface area contributed by atoms with Crippen LogP contribution in [0.3, 0.4) is 0 Å². The topological polar surface area (TPSA) is 30.0 Å². The maximum atomic E-state index is 12.5. The number of Topliss-reactive ketones (excluding diaryl/α,β-unsaturated/α-hetero) is 1. The van der Waals surface area contributed by atoms with Gasteiger partial charge in [-0.15, -0.1) is 0 Å². The molecule has 0 atom stereocenters. The molecule has 0 radical (unpaired) electrons. The molecule has 1 saturated carbocycles. The normalized spacial score (nSPS) is 16.2. The summed E-state index contributed by atoms with van der Waals surface area (Å²) in [5.74, 6) is 0.333. The van der Waals surface area contributed by atoms with Gasteiger partial charge in [-0.05, 0) is 36.1 Å². The number of carbonyl (C=O) groups is 1. The van der Waals surface area contributed by atoms with E-state index in [9.17, 15) is 4.79 Å². The summed E-state index contributed by atoms with van der Waals surface area (Å²) in [7, 11) is 0. The second-order valence-electron chi connectivity index (χ2n) is 4.90. The van der Waals surface area contributed by atoms with E-state index in [2.05, 4.69) is 17.1 Å². The molecule has 2 aromatic rings. The van der Waals surface area contributed by atoms with Crippen molar-refractivity contribution in [2.45, 2.75) is 24.7 Å². The summed E-state index contributed by atoms with van der Waals surface area (Å²) < 4.78 is 0. The molecule has 0 unspecified atom stereocenters. The summed E-state index contributed by atoms with van der Waals surface area (Å²) in [5.41, 5.74) is 2.02. The first-order valence-electron chi connectivity index (χ1n) is 6.29. The highest BCUT2D eigenvalue weighted by Gasteiger charge is 2.50. The maximum Gasteiger partial charge on any atom is 0.147 e. The van der Waals surface area contributed by atoms with Crippen LogP contribution in [0.2, 0.25) is 0 Å². The van der Waals surface area contributed by atoms with Gasteiger partial charge in [-0.3, -0.25) is 9.78 Å². The number of nitrogens with zero attached hydrogens (tertiary/aromatic N) is 1. The van der Waals surface area contributed by atoms with Gasteiger partial charge >= 0.3 is 0 Å². The highest BCUT2D eigenvalue weighted by Crippen LogP contribution is 2.49. The molecular formula is C16H15NO. The molecule has 2 heteroatoms. The van der Waals surface area contributed by atoms with Crippen LogP contribution in [0.5, 0.6) is 0 Å². The molecule has 2 nitrogen and oxygen atoms in total. The van der Waals surface area contributed by atoms with Crippen molar-refractivity contribution >= 4 is 5.78 Å². The third-order valence-electron chi connectivity index (χ3n) is 3.72. The van der Waals surface area contributed by atoms with Crippen LogP contribution in [0.25, 0.3) is 0 Å². The molecule has 3 rings (SSSR count). The van der Waals surface area contributed by atoms with E-state index in [1.54, 1.807) is 12.4 Å². The number of rotatable bonds is 4. The van der Waals surface area contributed by atoms with Crippen molar-refractivity contribution in [2.75, 3.05) is 0 Å². The molecule has 1 aliphatic rings. The van der Waals surface area contributed by atoms with Gasteiger partial charge in [0.1, 0.15) is 5.78 Å². The average molecular weight is 237 g/mol. The van der Waals surface area contributed by atoms with E-state index in [0.29, 0.717) is 12.2 Å². The lowest BCUT2D eigenvalue weighted by Crippen LogP contribution is -2.22. The predicted octanol–water partition coefficient (Wildman–Crippen LogP) is 2.93. The lowest BCUT2D eigenvalue weighted by Gasteiger charge is -2.14. The summed E-state index contributed by atoms with van der Waals surface area (Å²) in [6.45, 7) is 0. The Morgan fingerprint density at radius 3 is 2.33 bits per heavy atom. The van der Waals surface area contributed by atoms with Crippen molar-refractivity contribution < 1.29 is 4.79 Å². The summed E-state index contributed by atoms with van der Waals surface area (Å²) in [6.07, 6.45) is 5.97. The summed E-state index contributed by atoms with van der Waals surface area (Å²) in [6, 6.07) is 14.0. The molecule has 18 heavy (non-hydrogen) atoms. The van der Waals surface area contributed by atoms with Crippen molar-refractivity contribution in [3.05, 3.63) is 66.0 Å². The van der Waals surface area contributed by atoms with Gasteiger partial charge in [-0.1, -0.05) is 30.3 Å². The zero-order chi connectivity index (χ0) is 12.4. The van der Waals surface area contributed by atoms with Crippen LogP contribution in [0.1, 0.15) is 24.0 Å². The number of aromatic nitrogens is 1. The number of carbonyl (C=O) groups excluding carboxylic acids is 1. The van der Waals surface area contributed by atoms with E-state index in [0.717, 1.165) is 18.4 Å². The average Bonchev–Trinajstić information content (AvgIpc) is 3.22. The van der Waals surface area contributed by atoms with Crippen molar-refractivity contribution in [1.29, 1.82) is 0 Å².